The molecule has 4 aromatic rings. The third-order valence-electron chi connectivity index (χ3n) is 4.83. The summed E-state index contributed by atoms with van der Waals surface area (Å²) in [6.07, 6.45) is 4.16. The second kappa shape index (κ2) is 8.11. The fourth-order valence-electron chi connectivity index (χ4n) is 3.44. The predicted molar refractivity (Wildman–Crippen MR) is 112 cm³/mol. The van der Waals surface area contributed by atoms with Crippen molar-refractivity contribution < 1.29 is 19.1 Å². The number of hydrogen-bond donors (Lipinski definition) is 1. The van der Waals surface area contributed by atoms with Crippen molar-refractivity contribution in [3.05, 3.63) is 63.9 Å². The molecule has 0 amide bonds. The molecule has 0 unspecified atom stereocenters. The number of rotatable bonds is 7. The van der Waals surface area contributed by atoms with Crippen molar-refractivity contribution in [2.45, 2.75) is 26.3 Å². The lowest BCUT2D eigenvalue weighted by Crippen LogP contribution is -2.28. The number of aryl methyl sites for hydroxylation is 3. The van der Waals surface area contributed by atoms with Gasteiger partial charge in [-0.25, -0.2) is 9.67 Å². The standard InChI is InChI=1S/C21H19N3O5S/c1-12-17-19(30-18(12)20-22-9-10-29-20)14(23-24(21(17)27)11-16(25)26)8-7-13-5-3-4-6-15(13)28-2/h3-6,9-10H,7-8,11H2,1-2H3,(H,25,26). The Morgan fingerprint density at radius 1 is 1.30 bits per heavy atom. The number of carboxylic acids is 1. The number of ether oxygens (including phenoxy) is 1. The average molecular weight is 425 g/mol. The van der Waals surface area contributed by atoms with Crippen LogP contribution in [0.4, 0.5) is 0 Å². The molecular weight excluding hydrogens is 406 g/mol. The maximum Gasteiger partial charge on any atom is 0.325 e. The van der Waals surface area contributed by atoms with Crippen LogP contribution in [0.1, 0.15) is 16.8 Å². The van der Waals surface area contributed by atoms with Gasteiger partial charge in [-0.3, -0.25) is 9.59 Å². The molecule has 1 aromatic carbocycles. The summed E-state index contributed by atoms with van der Waals surface area (Å²) in [5.74, 6) is 0.0736. The van der Waals surface area contributed by atoms with Crippen LogP contribution >= 0.6 is 11.3 Å². The largest absolute Gasteiger partial charge is 0.496 e. The maximum absolute atomic E-state index is 13.0. The number of aromatic nitrogens is 3. The summed E-state index contributed by atoms with van der Waals surface area (Å²) in [6.45, 7) is 1.31. The molecule has 30 heavy (non-hydrogen) atoms. The van der Waals surface area contributed by atoms with E-state index < -0.39 is 18.1 Å². The SMILES string of the molecule is COc1ccccc1CCc1nn(CC(=O)O)c(=O)c2c(C)c(-c3ncco3)sc12. The topological polar surface area (TPSA) is 107 Å². The predicted octanol–water partition coefficient (Wildman–Crippen LogP) is 3.30. The van der Waals surface area contributed by atoms with Crippen molar-refractivity contribution in [1.29, 1.82) is 0 Å². The second-order valence-corrected chi connectivity index (χ2v) is 7.73. The lowest BCUT2D eigenvalue weighted by molar-refractivity contribution is -0.138. The van der Waals surface area contributed by atoms with Gasteiger partial charge in [0.2, 0.25) is 5.89 Å². The highest BCUT2D eigenvalue weighted by Crippen LogP contribution is 2.37. The Kier molecular flexibility index (Phi) is 5.37. The first-order valence-corrected chi connectivity index (χ1v) is 10.1. The van der Waals surface area contributed by atoms with Crippen molar-refractivity contribution in [3.63, 3.8) is 0 Å². The summed E-state index contributed by atoms with van der Waals surface area (Å²) in [7, 11) is 1.62. The molecule has 3 aromatic heterocycles. The zero-order valence-corrected chi connectivity index (χ0v) is 17.2. The molecule has 0 saturated heterocycles. The van der Waals surface area contributed by atoms with E-state index in [1.54, 1.807) is 13.3 Å². The van der Waals surface area contributed by atoms with E-state index in [0.717, 1.165) is 25.6 Å². The second-order valence-electron chi connectivity index (χ2n) is 6.71. The molecule has 0 spiro atoms. The molecule has 154 valence electrons. The van der Waals surface area contributed by atoms with E-state index in [-0.39, 0.29) is 0 Å². The van der Waals surface area contributed by atoms with E-state index in [4.69, 9.17) is 9.15 Å². The third kappa shape index (κ3) is 3.59. The fraction of sp³-hybridized carbons (Fsp3) is 0.238. The van der Waals surface area contributed by atoms with Crippen LogP contribution in [0.5, 0.6) is 5.75 Å². The molecule has 1 N–H and O–H groups in total. The van der Waals surface area contributed by atoms with Gasteiger partial charge in [0.05, 0.1) is 34.0 Å². The van der Waals surface area contributed by atoms with Crippen LogP contribution in [0.15, 0.2) is 45.9 Å². The number of hydrogen-bond acceptors (Lipinski definition) is 7. The Balaban J connectivity index is 1.84. The van der Waals surface area contributed by atoms with Crippen LogP contribution in [0.3, 0.4) is 0 Å². The minimum Gasteiger partial charge on any atom is -0.496 e. The summed E-state index contributed by atoms with van der Waals surface area (Å²) in [5.41, 5.74) is 1.94. The quantitative estimate of drug-likeness (QED) is 0.484. The number of nitrogens with zero attached hydrogens (tertiary/aromatic N) is 3. The first-order chi connectivity index (χ1) is 14.5. The number of carbonyl (C=O) groups is 1. The van der Waals surface area contributed by atoms with E-state index >= 15 is 0 Å². The molecule has 0 radical (unpaired) electrons. The van der Waals surface area contributed by atoms with E-state index in [1.807, 2.05) is 31.2 Å². The molecular formula is C21H19N3O5S. The van der Waals surface area contributed by atoms with Gasteiger partial charge in [-0.15, -0.1) is 11.3 Å². The first kappa shape index (κ1) is 19.8. The number of carboxylic acid groups (broad SMARTS) is 1. The molecule has 0 saturated carbocycles. The number of methoxy groups -OCH3 is 1. The van der Waals surface area contributed by atoms with Crippen LogP contribution in [0.25, 0.3) is 20.9 Å². The molecule has 4 rings (SSSR count). The maximum atomic E-state index is 13.0. The smallest absolute Gasteiger partial charge is 0.325 e. The van der Waals surface area contributed by atoms with Crippen LogP contribution in [-0.4, -0.2) is 33.0 Å². The number of para-hydroxylation sites is 1. The highest BCUT2D eigenvalue weighted by molar-refractivity contribution is 7.22. The molecule has 0 aliphatic carbocycles. The Hall–Kier alpha value is -3.46. The molecule has 0 atom stereocenters. The molecule has 8 nitrogen and oxygen atoms in total. The fourth-order valence-corrected chi connectivity index (χ4v) is 4.69. The van der Waals surface area contributed by atoms with E-state index in [0.29, 0.717) is 35.4 Å². The van der Waals surface area contributed by atoms with Crippen LogP contribution in [0.2, 0.25) is 0 Å². The van der Waals surface area contributed by atoms with E-state index in [1.165, 1.54) is 17.6 Å². The molecule has 0 aliphatic heterocycles. The molecule has 0 bridgehead atoms. The summed E-state index contributed by atoms with van der Waals surface area (Å²) in [6, 6.07) is 7.69. The van der Waals surface area contributed by atoms with Gasteiger partial charge < -0.3 is 14.3 Å². The van der Waals surface area contributed by atoms with Crippen LogP contribution < -0.4 is 10.3 Å². The Labute approximate surface area is 175 Å². The minimum absolute atomic E-state index is 0.425. The van der Waals surface area contributed by atoms with Crippen LogP contribution in [0, 0.1) is 6.92 Å². The number of aliphatic carboxylic acids is 1. The summed E-state index contributed by atoms with van der Waals surface area (Å²) in [5, 5.41) is 14.1. The normalized spacial score (nSPS) is 11.1. The summed E-state index contributed by atoms with van der Waals surface area (Å²) in [4.78, 5) is 29.2. The Bertz CT molecular complexity index is 1270. The summed E-state index contributed by atoms with van der Waals surface area (Å²) >= 11 is 1.38. The Morgan fingerprint density at radius 3 is 2.80 bits per heavy atom. The number of thiophene rings is 1. The van der Waals surface area contributed by atoms with Gasteiger partial charge in [-0.1, -0.05) is 18.2 Å². The molecule has 0 aliphatic rings. The van der Waals surface area contributed by atoms with Crippen LogP contribution in [-0.2, 0) is 24.2 Å². The van der Waals surface area contributed by atoms with Crippen molar-refractivity contribution >= 4 is 27.4 Å². The minimum atomic E-state index is -1.12. The highest BCUT2D eigenvalue weighted by atomic mass is 32.1. The zero-order valence-electron chi connectivity index (χ0n) is 16.4. The highest BCUT2D eigenvalue weighted by Gasteiger charge is 2.22. The lowest BCUT2D eigenvalue weighted by Gasteiger charge is -2.10. The van der Waals surface area contributed by atoms with Gasteiger partial charge in [0.15, 0.2) is 0 Å². The number of fused-ring (bicyclic) bond motifs is 1. The van der Waals surface area contributed by atoms with E-state index in [9.17, 15) is 14.7 Å². The van der Waals surface area contributed by atoms with Gasteiger partial charge in [0.1, 0.15) is 18.6 Å². The number of oxazole rings is 1. The van der Waals surface area contributed by atoms with Gasteiger partial charge >= 0.3 is 5.97 Å². The van der Waals surface area contributed by atoms with Gasteiger partial charge in [-0.2, -0.15) is 5.10 Å². The van der Waals surface area contributed by atoms with E-state index in [2.05, 4.69) is 10.1 Å². The van der Waals surface area contributed by atoms with Gasteiger partial charge in [-0.05, 0) is 37.0 Å². The molecule has 9 heteroatoms. The summed E-state index contributed by atoms with van der Waals surface area (Å²) < 4.78 is 12.6. The van der Waals surface area contributed by atoms with Crippen molar-refractivity contribution in [2.24, 2.45) is 0 Å². The monoisotopic (exact) mass is 425 g/mol. The first-order valence-electron chi connectivity index (χ1n) is 9.26. The molecule has 3 heterocycles. The van der Waals surface area contributed by atoms with Crippen molar-refractivity contribution in [3.8, 4) is 16.5 Å². The van der Waals surface area contributed by atoms with Crippen molar-refractivity contribution in [2.75, 3.05) is 7.11 Å². The van der Waals surface area contributed by atoms with Crippen molar-refractivity contribution in [1.82, 2.24) is 14.8 Å². The van der Waals surface area contributed by atoms with Gasteiger partial charge in [0.25, 0.3) is 5.56 Å². The number of benzene rings is 1. The Morgan fingerprint density at radius 2 is 2.10 bits per heavy atom. The molecule has 0 fully saturated rings. The average Bonchev–Trinajstić information content (AvgIpc) is 3.37. The third-order valence-corrected chi connectivity index (χ3v) is 6.16. The lowest BCUT2D eigenvalue weighted by atomic mass is 10.1. The zero-order chi connectivity index (χ0) is 21.3. The van der Waals surface area contributed by atoms with Gasteiger partial charge in [0, 0.05) is 0 Å².